The highest BCUT2D eigenvalue weighted by Crippen LogP contribution is 2.13. The molecule has 0 saturated heterocycles. The molecule has 0 fully saturated rings. The second-order valence-corrected chi connectivity index (χ2v) is 12.0. The van der Waals surface area contributed by atoms with Gasteiger partial charge >= 0.3 is 11.9 Å². The van der Waals surface area contributed by atoms with E-state index < -0.39 is 78.0 Å². The van der Waals surface area contributed by atoms with Crippen LogP contribution in [-0.4, -0.2) is 71.8 Å². The van der Waals surface area contributed by atoms with Crippen LogP contribution in [0.4, 0.5) is 0 Å². The molecule has 0 spiro atoms. The van der Waals surface area contributed by atoms with Gasteiger partial charge < -0.3 is 30.7 Å². The summed E-state index contributed by atoms with van der Waals surface area (Å²) in [4.78, 5) is 82.4. The number of methoxy groups -OCH3 is 1. The summed E-state index contributed by atoms with van der Waals surface area (Å²) in [6.07, 6.45) is -0.548. The molecule has 0 saturated carbocycles. The van der Waals surface area contributed by atoms with Crippen LogP contribution in [0, 0.1) is 11.8 Å². The Labute approximate surface area is 279 Å². The minimum absolute atomic E-state index is 0.0235. The van der Waals surface area contributed by atoms with Gasteiger partial charge in [-0.05, 0) is 36.5 Å². The first-order valence-electron chi connectivity index (χ1n) is 15.7. The van der Waals surface area contributed by atoms with Gasteiger partial charge in [-0.3, -0.25) is 24.0 Å². The van der Waals surface area contributed by atoms with Gasteiger partial charge in [-0.15, -0.1) is 0 Å². The Bertz CT molecular complexity index is 1610. The van der Waals surface area contributed by atoms with Crippen molar-refractivity contribution < 1.29 is 38.2 Å². The SMILES string of the molecule is COC(=O)C[C@H](NC(=O)[C@@H](NC(=O)c1ccc2ccccc2n1)C(C)C)C(=O)N[C@H](C(=O)N[C@@H](C)C(=O)OCc1ccccc1)C(C)C. The molecule has 13 heteroatoms. The summed E-state index contributed by atoms with van der Waals surface area (Å²) >= 11 is 0. The number of ether oxygens (including phenoxy) is 2. The molecule has 0 bridgehead atoms. The first-order valence-corrected chi connectivity index (χ1v) is 15.7. The van der Waals surface area contributed by atoms with Crippen molar-refractivity contribution in [2.24, 2.45) is 11.8 Å². The Kier molecular flexibility index (Phi) is 13.6. The molecule has 0 aliphatic rings. The summed E-state index contributed by atoms with van der Waals surface area (Å²) in [6, 6.07) is 14.9. The Balaban J connectivity index is 1.69. The van der Waals surface area contributed by atoms with Gasteiger partial charge in [-0.1, -0.05) is 82.3 Å². The van der Waals surface area contributed by atoms with Crippen LogP contribution in [0.25, 0.3) is 10.9 Å². The van der Waals surface area contributed by atoms with Crippen LogP contribution < -0.4 is 21.3 Å². The van der Waals surface area contributed by atoms with E-state index in [2.05, 4.69) is 26.3 Å². The maximum atomic E-state index is 13.5. The van der Waals surface area contributed by atoms with E-state index in [1.807, 2.05) is 30.3 Å². The van der Waals surface area contributed by atoms with Crippen molar-refractivity contribution in [1.82, 2.24) is 26.3 Å². The summed E-state index contributed by atoms with van der Waals surface area (Å²) < 4.78 is 10.0. The largest absolute Gasteiger partial charge is 0.469 e. The molecule has 2 aromatic carbocycles. The fraction of sp³-hybridized carbons (Fsp3) is 0.400. The smallest absolute Gasteiger partial charge is 0.328 e. The van der Waals surface area contributed by atoms with Crippen molar-refractivity contribution in [3.05, 3.63) is 78.0 Å². The number of amides is 4. The van der Waals surface area contributed by atoms with Crippen molar-refractivity contribution in [2.45, 2.75) is 71.8 Å². The number of pyridine rings is 1. The average molecular weight is 662 g/mol. The number of nitrogens with one attached hydrogen (secondary N) is 4. The van der Waals surface area contributed by atoms with Gasteiger partial charge in [-0.25, -0.2) is 9.78 Å². The average Bonchev–Trinajstić information content (AvgIpc) is 3.07. The number of fused-ring (bicyclic) bond motifs is 1. The molecule has 4 N–H and O–H groups in total. The normalized spacial score (nSPS) is 13.5. The van der Waals surface area contributed by atoms with Gasteiger partial charge in [0.25, 0.3) is 5.91 Å². The van der Waals surface area contributed by atoms with Gasteiger partial charge in [0.15, 0.2) is 0 Å². The van der Waals surface area contributed by atoms with Crippen LogP contribution in [0.2, 0.25) is 0 Å². The molecule has 3 rings (SSSR count). The van der Waals surface area contributed by atoms with E-state index >= 15 is 0 Å². The van der Waals surface area contributed by atoms with Crippen molar-refractivity contribution in [3.63, 3.8) is 0 Å². The number of para-hydroxylation sites is 1. The molecule has 3 aromatic rings. The second kappa shape index (κ2) is 17.5. The van der Waals surface area contributed by atoms with Crippen LogP contribution in [0.3, 0.4) is 0 Å². The topological polar surface area (TPSA) is 182 Å². The molecule has 0 aliphatic heterocycles. The molecule has 0 radical (unpaired) electrons. The number of carbonyl (C=O) groups is 6. The van der Waals surface area contributed by atoms with Crippen molar-refractivity contribution in [3.8, 4) is 0 Å². The molecule has 13 nitrogen and oxygen atoms in total. The fourth-order valence-electron chi connectivity index (χ4n) is 4.67. The van der Waals surface area contributed by atoms with Crippen LogP contribution >= 0.6 is 0 Å². The molecule has 48 heavy (non-hydrogen) atoms. The molecular formula is C35H43N5O8. The maximum absolute atomic E-state index is 13.5. The summed E-state index contributed by atoms with van der Waals surface area (Å²) in [6.45, 7) is 8.26. The first kappa shape index (κ1) is 37.1. The highest BCUT2D eigenvalue weighted by atomic mass is 16.5. The van der Waals surface area contributed by atoms with Crippen molar-refractivity contribution >= 4 is 46.5 Å². The fourth-order valence-corrected chi connectivity index (χ4v) is 4.67. The monoisotopic (exact) mass is 661 g/mol. The van der Waals surface area contributed by atoms with E-state index in [0.717, 1.165) is 18.1 Å². The van der Waals surface area contributed by atoms with Gasteiger partial charge in [0.2, 0.25) is 17.7 Å². The minimum Gasteiger partial charge on any atom is -0.469 e. The number of nitrogens with zero attached hydrogens (tertiary/aromatic N) is 1. The lowest BCUT2D eigenvalue weighted by Gasteiger charge is -2.28. The Hall–Kier alpha value is -5.33. The zero-order chi connectivity index (χ0) is 35.4. The molecule has 1 heterocycles. The number of hydrogen-bond acceptors (Lipinski definition) is 9. The molecular weight excluding hydrogens is 618 g/mol. The van der Waals surface area contributed by atoms with E-state index in [0.29, 0.717) is 5.52 Å². The Morgan fingerprint density at radius 2 is 1.29 bits per heavy atom. The highest BCUT2D eigenvalue weighted by molar-refractivity contribution is 6.00. The Morgan fingerprint density at radius 3 is 1.94 bits per heavy atom. The quantitative estimate of drug-likeness (QED) is 0.178. The van der Waals surface area contributed by atoms with Crippen LogP contribution in [0.15, 0.2) is 66.7 Å². The van der Waals surface area contributed by atoms with Crippen LogP contribution in [0.5, 0.6) is 0 Å². The van der Waals surface area contributed by atoms with E-state index in [-0.39, 0.29) is 12.3 Å². The lowest BCUT2D eigenvalue weighted by Crippen LogP contribution is -2.59. The summed E-state index contributed by atoms with van der Waals surface area (Å²) in [5.41, 5.74) is 1.48. The lowest BCUT2D eigenvalue weighted by molar-refractivity contribution is -0.149. The maximum Gasteiger partial charge on any atom is 0.328 e. The zero-order valence-electron chi connectivity index (χ0n) is 27.9. The number of esters is 2. The highest BCUT2D eigenvalue weighted by Gasteiger charge is 2.34. The predicted molar refractivity (Wildman–Crippen MR) is 177 cm³/mol. The number of hydrogen-bond donors (Lipinski definition) is 4. The number of benzene rings is 2. The van der Waals surface area contributed by atoms with Gasteiger partial charge in [0.05, 0.1) is 19.0 Å². The number of carbonyl (C=O) groups excluding carboxylic acids is 6. The number of rotatable bonds is 15. The molecule has 1 aromatic heterocycles. The zero-order valence-corrected chi connectivity index (χ0v) is 27.9. The van der Waals surface area contributed by atoms with Crippen LogP contribution in [-0.2, 0) is 40.1 Å². The molecule has 0 aliphatic carbocycles. The van der Waals surface area contributed by atoms with E-state index in [1.165, 1.54) is 6.92 Å². The van der Waals surface area contributed by atoms with E-state index in [4.69, 9.17) is 9.47 Å². The predicted octanol–water partition coefficient (Wildman–Crippen LogP) is 2.43. The standard InChI is InChI=1S/C35H43N5O8/c1-20(2)29(33(44)36-22(5)35(46)48-19-23-12-8-7-9-13-23)40-32(43)27(18-28(41)47-6)38-34(45)30(21(3)4)39-31(42)26-17-16-24-14-10-11-15-25(24)37-26/h7-17,20-22,27,29-30H,18-19H2,1-6H3,(H,36,44)(H,38,45)(H,39,42)(H,40,43)/t22-,27-,29-,30-/m0/s1. The van der Waals surface area contributed by atoms with Gasteiger partial charge in [0, 0.05) is 5.39 Å². The second-order valence-electron chi connectivity index (χ2n) is 12.0. The molecule has 4 amide bonds. The van der Waals surface area contributed by atoms with E-state index in [1.54, 1.807) is 64.1 Å². The summed E-state index contributed by atoms with van der Waals surface area (Å²) in [5, 5.41) is 11.2. The minimum atomic E-state index is -1.45. The molecule has 256 valence electrons. The lowest BCUT2D eigenvalue weighted by atomic mass is 10.0. The van der Waals surface area contributed by atoms with Crippen molar-refractivity contribution in [1.29, 1.82) is 0 Å². The van der Waals surface area contributed by atoms with Gasteiger partial charge in [0.1, 0.15) is 36.5 Å². The molecule has 4 atom stereocenters. The summed E-state index contributed by atoms with van der Waals surface area (Å²) in [5.74, 6) is -5.17. The van der Waals surface area contributed by atoms with Crippen molar-refractivity contribution in [2.75, 3.05) is 7.11 Å². The summed E-state index contributed by atoms with van der Waals surface area (Å²) in [7, 11) is 1.13. The molecule has 0 unspecified atom stereocenters. The first-order chi connectivity index (χ1) is 22.8. The third-order valence-corrected chi connectivity index (χ3v) is 7.48. The number of aromatic nitrogens is 1. The van der Waals surface area contributed by atoms with Gasteiger partial charge in [-0.2, -0.15) is 0 Å². The third-order valence-electron chi connectivity index (χ3n) is 7.48. The van der Waals surface area contributed by atoms with E-state index in [9.17, 15) is 28.8 Å². The third kappa shape index (κ3) is 10.6. The van der Waals surface area contributed by atoms with Crippen LogP contribution in [0.1, 0.15) is 57.1 Å². The Morgan fingerprint density at radius 1 is 0.688 bits per heavy atom.